The van der Waals surface area contributed by atoms with Crippen LogP contribution in [-0.4, -0.2) is 18.6 Å². The van der Waals surface area contributed by atoms with Gasteiger partial charge < -0.3 is 0 Å². The fourth-order valence-corrected chi connectivity index (χ4v) is 3.30. The number of aromatic amines is 1. The van der Waals surface area contributed by atoms with Crippen LogP contribution in [0.2, 0.25) is 0 Å². The molecule has 0 radical (unpaired) electrons. The number of hydrogen-bond acceptors (Lipinski definition) is 3. The van der Waals surface area contributed by atoms with Crippen LogP contribution >= 0.6 is 22.6 Å². The molecule has 0 atom stereocenters. The highest BCUT2D eigenvalue weighted by molar-refractivity contribution is 14.1. The Morgan fingerprint density at radius 1 is 1.10 bits per heavy atom. The number of hydrogen-bond donors (Lipinski definition) is 2. The topological polar surface area (TPSA) is 74.8 Å². The second-order valence-electron chi connectivity index (χ2n) is 4.20. The number of halogens is 1. The Hall–Kier alpha value is -1.61. The summed E-state index contributed by atoms with van der Waals surface area (Å²) in [7, 11) is -3.60. The van der Waals surface area contributed by atoms with Crippen molar-refractivity contribution in [2.45, 2.75) is 4.90 Å². The maximum Gasteiger partial charge on any atom is 0.261 e. The number of rotatable bonds is 3. The SMILES string of the molecule is O=S(=O)(Nc1cccc2cn[nH]c12)c1ccc(I)cc1. The van der Waals surface area contributed by atoms with Crippen LogP contribution in [0, 0.1) is 3.57 Å². The number of benzene rings is 2. The molecule has 102 valence electrons. The summed E-state index contributed by atoms with van der Waals surface area (Å²) in [5, 5.41) is 7.56. The van der Waals surface area contributed by atoms with Gasteiger partial charge in [-0.25, -0.2) is 8.42 Å². The standard InChI is InChI=1S/C13H10IN3O2S/c14-10-4-6-11(7-5-10)20(18,19)17-12-3-1-2-9-8-15-16-13(9)12/h1-8,17H,(H,15,16). The van der Waals surface area contributed by atoms with Crippen molar-refractivity contribution in [3.05, 3.63) is 52.2 Å². The Kier molecular flexibility index (Phi) is 3.38. The minimum absolute atomic E-state index is 0.231. The van der Waals surface area contributed by atoms with Crippen LogP contribution in [0.4, 0.5) is 5.69 Å². The molecule has 0 aliphatic rings. The van der Waals surface area contributed by atoms with Gasteiger partial charge in [-0.05, 0) is 52.9 Å². The molecule has 7 heteroatoms. The molecular formula is C13H10IN3O2S. The highest BCUT2D eigenvalue weighted by atomic mass is 127. The van der Waals surface area contributed by atoms with Gasteiger partial charge in [0.05, 0.1) is 22.3 Å². The maximum atomic E-state index is 12.3. The van der Waals surface area contributed by atoms with E-state index in [1.807, 2.05) is 6.07 Å². The summed E-state index contributed by atoms with van der Waals surface area (Å²) in [4.78, 5) is 0.231. The number of sulfonamides is 1. The van der Waals surface area contributed by atoms with E-state index in [2.05, 4.69) is 37.5 Å². The van der Waals surface area contributed by atoms with Gasteiger partial charge >= 0.3 is 0 Å². The van der Waals surface area contributed by atoms with Gasteiger partial charge in [0.25, 0.3) is 10.0 Å². The molecule has 2 N–H and O–H groups in total. The van der Waals surface area contributed by atoms with Crippen molar-refractivity contribution in [2.24, 2.45) is 0 Å². The molecule has 2 aromatic carbocycles. The number of aromatic nitrogens is 2. The summed E-state index contributed by atoms with van der Waals surface area (Å²) in [6.07, 6.45) is 1.65. The van der Waals surface area contributed by atoms with Crippen LogP contribution in [0.15, 0.2) is 53.6 Å². The predicted molar refractivity (Wildman–Crippen MR) is 86.1 cm³/mol. The molecule has 5 nitrogen and oxygen atoms in total. The zero-order chi connectivity index (χ0) is 14.2. The van der Waals surface area contributed by atoms with Crippen molar-refractivity contribution in [1.82, 2.24) is 10.2 Å². The summed E-state index contributed by atoms with van der Waals surface area (Å²) in [6.45, 7) is 0. The number of H-pyrrole nitrogens is 1. The van der Waals surface area contributed by atoms with Crippen molar-refractivity contribution in [1.29, 1.82) is 0 Å². The van der Waals surface area contributed by atoms with Gasteiger partial charge in [-0.1, -0.05) is 12.1 Å². The van der Waals surface area contributed by atoms with Gasteiger partial charge in [-0.2, -0.15) is 5.10 Å². The van der Waals surface area contributed by atoms with E-state index in [9.17, 15) is 8.42 Å². The molecular weight excluding hydrogens is 389 g/mol. The van der Waals surface area contributed by atoms with Gasteiger partial charge in [-0.15, -0.1) is 0 Å². The smallest absolute Gasteiger partial charge is 0.261 e. The Balaban J connectivity index is 2.01. The van der Waals surface area contributed by atoms with E-state index in [1.165, 1.54) is 0 Å². The molecule has 3 aromatic rings. The van der Waals surface area contributed by atoms with Crippen LogP contribution in [-0.2, 0) is 10.0 Å². The van der Waals surface area contributed by atoms with Crippen LogP contribution in [0.1, 0.15) is 0 Å². The molecule has 0 spiro atoms. The van der Waals surface area contributed by atoms with E-state index in [0.717, 1.165) is 8.96 Å². The van der Waals surface area contributed by atoms with Gasteiger partial charge in [0.15, 0.2) is 0 Å². The molecule has 0 saturated carbocycles. The van der Waals surface area contributed by atoms with Crippen molar-refractivity contribution in [3.63, 3.8) is 0 Å². The van der Waals surface area contributed by atoms with E-state index >= 15 is 0 Å². The fourth-order valence-electron chi connectivity index (χ4n) is 1.87. The summed E-state index contributed by atoms with van der Waals surface area (Å²) in [6, 6.07) is 12.0. The molecule has 3 rings (SSSR count). The van der Waals surface area contributed by atoms with Crippen LogP contribution in [0.5, 0.6) is 0 Å². The summed E-state index contributed by atoms with van der Waals surface area (Å²) in [5.74, 6) is 0. The van der Waals surface area contributed by atoms with Gasteiger partial charge in [0.2, 0.25) is 0 Å². The van der Waals surface area contributed by atoms with E-state index < -0.39 is 10.0 Å². The molecule has 0 unspecified atom stereocenters. The highest BCUT2D eigenvalue weighted by Crippen LogP contribution is 2.23. The maximum absolute atomic E-state index is 12.3. The van der Waals surface area contributed by atoms with Crippen molar-refractivity contribution in [3.8, 4) is 0 Å². The Labute approximate surface area is 129 Å². The van der Waals surface area contributed by atoms with Crippen LogP contribution in [0.25, 0.3) is 10.9 Å². The van der Waals surface area contributed by atoms with E-state index in [0.29, 0.717) is 11.2 Å². The Morgan fingerprint density at radius 2 is 1.85 bits per heavy atom. The predicted octanol–water partition coefficient (Wildman–Crippen LogP) is 2.97. The fraction of sp³-hybridized carbons (Fsp3) is 0. The highest BCUT2D eigenvalue weighted by Gasteiger charge is 2.15. The minimum Gasteiger partial charge on any atom is -0.277 e. The average molecular weight is 399 g/mol. The third-order valence-corrected chi connectivity index (χ3v) is 4.95. The van der Waals surface area contributed by atoms with Crippen LogP contribution < -0.4 is 4.72 Å². The van der Waals surface area contributed by atoms with Gasteiger partial charge in [0, 0.05) is 8.96 Å². The quantitative estimate of drug-likeness (QED) is 0.666. The zero-order valence-corrected chi connectivity index (χ0v) is 13.1. The number of fused-ring (bicyclic) bond motifs is 1. The molecule has 0 aliphatic carbocycles. The molecule has 0 amide bonds. The monoisotopic (exact) mass is 399 g/mol. The summed E-state index contributed by atoms with van der Waals surface area (Å²) in [5.41, 5.74) is 1.15. The van der Waals surface area contributed by atoms with Gasteiger partial charge in [0.1, 0.15) is 0 Å². The van der Waals surface area contributed by atoms with Crippen molar-refractivity contribution in [2.75, 3.05) is 4.72 Å². The third-order valence-electron chi connectivity index (χ3n) is 2.84. The van der Waals surface area contributed by atoms with Crippen LogP contribution in [0.3, 0.4) is 0 Å². The molecule has 1 aromatic heterocycles. The zero-order valence-electron chi connectivity index (χ0n) is 10.2. The second-order valence-corrected chi connectivity index (χ2v) is 7.13. The largest absolute Gasteiger partial charge is 0.277 e. The average Bonchev–Trinajstić information content (AvgIpc) is 2.88. The third kappa shape index (κ3) is 2.50. The first kappa shape index (κ1) is 13.4. The van der Waals surface area contributed by atoms with Crippen molar-refractivity contribution < 1.29 is 8.42 Å². The molecule has 0 fully saturated rings. The summed E-state index contributed by atoms with van der Waals surface area (Å²) >= 11 is 2.13. The molecule has 0 bridgehead atoms. The number of para-hydroxylation sites is 1. The van der Waals surface area contributed by atoms with E-state index in [1.54, 1.807) is 42.6 Å². The van der Waals surface area contributed by atoms with E-state index in [-0.39, 0.29) is 4.90 Å². The number of nitrogens with one attached hydrogen (secondary N) is 2. The molecule has 0 saturated heterocycles. The minimum atomic E-state index is -3.60. The van der Waals surface area contributed by atoms with E-state index in [4.69, 9.17) is 0 Å². The lowest BCUT2D eigenvalue weighted by Crippen LogP contribution is -2.13. The lowest BCUT2D eigenvalue weighted by Gasteiger charge is -2.08. The summed E-state index contributed by atoms with van der Waals surface area (Å²) < 4.78 is 28.2. The lowest BCUT2D eigenvalue weighted by molar-refractivity contribution is 0.601. The molecule has 20 heavy (non-hydrogen) atoms. The first-order valence-electron chi connectivity index (χ1n) is 5.77. The molecule has 0 aliphatic heterocycles. The number of anilines is 1. The first-order valence-corrected chi connectivity index (χ1v) is 8.33. The second kappa shape index (κ2) is 5.06. The van der Waals surface area contributed by atoms with Gasteiger partial charge in [-0.3, -0.25) is 9.82 Å². The molecule has 1 heterocycles. The van der Waals surface area contributed by atoms with Crippen molar-refractivity contribution >= 4 is 49.2 Å². The Bertz CT molecular complexity index is 857. The normalized spacial score (nSPS) is 11.7. The first-order chi connectivity index (χ1) is 9.56. The lowest BCUT2D eigenvalue weighted by atomic mass is 10.2. The number of nitrogens with zero attached hydrogens (tertiary/aromatic N) is 1. The Morgan fingerprint density at radius 3 is 2.60 bits per heavy atom.